The lowest BCUT2D eigenvalue weighted by atomic mass is 10.0. The third-order valence-corrected chi connectivity index (χ3v) is 14.8. The third-order valence-electron chi connectivity index (χ3n) is 14.8. The minimum atomic E-state index is -0.774. The van der Waals surface area contributed by atoms with Crippen LogP contribution in [0.3, 0.4) is 0 Å². The molecular formula is C69H126O5. The number of aliphatic hydroxyl groups excluding tert-OH is 1. The minimum Gasteiger partial charge on any atom is -0.462 e. The molecule has 0 aliphatic heterocycles. The molecule has 5 heteroatoms. The van der Waals surface area contributed by atoms with E-state index in [9.17, 15) is 14.7 Å². The van der Waals surface area contributed by atoms with Crippen molar-refractivity contribution in [3.8, 4) is 0 Å². The van der Waals surface area contributed by atoms with Crippen LogP contribution < -0.4 is 0 Å². The summed E-state index contributed by atoms with van der Waals surface area (Å²) in [6, 6.07) is 0. The fourth-order valence-electron chi connectivity index (χ4n) is 9.83. The van der Waals surface area contributed by atoms with E-state index >= 15 is 0 Å². The minimum absolute atomic E-state index is 0.0651. The van der Waals surface area contributed by atoms with E-state index < -0.39 is 6.10 Å². The van der Waals surface area contributed by atoms with Crippen LogP contribution in [0.1, 0.15) is 348 Å². The Bertz CT molecular complexity index is 1260. The smallest absolute Gasteiger partial charge is 0.306 e. The van der Waals surface area contributed by atoms with Crippen molar-refractivity contribution in [2.45, 2.75) is 354 Å². The fourth-order valence-corrected chi connectivity index (χ4v) is 9.83. The van der Waals surface area contributed by atoms with Crippen molar-refractivity contribution in [2.24, 2.45) is 0 Å². The largest absolute Gasteiger partial charge is 0.462 e. The number of esters is 2. The van der Waals surface area contributed by atoms with Gasteiger partial charge in [-0.2, -0.15) is 0 Å². The molecule has 0 saturated heterocycles. The number of carbonyl (C=O) groups is 2. The van der Waals surface area contributed by atoms with E-state index in [0.717, 1.165) is 57.8 Å². The molecule has 0 spiro atoms. The Morgan fingerprint density at radius 2 is 0.541 bits per heavy atom. The van der Waals surface area contributed by atoms with E-state index in [0.29, 0.717) is 12.8 Å². The van der Waals surface area contributed by atoms with Crippen molar-refractivity contribution in [1.29, 1.82) is 0 Å². The standard InChI is InChI=1S/C69H126O5/c1-3-5-7-9-11-13-15-17-19-21-23-25-26-27-28-29-30-31-32-33-34-35-36-37-38-39-40-41-42-44-46-48-50-52-54-56-58-60-62-64-69(72)74-67(65-70)66-73-68(71)63-61-59-57-55-53-51-49-47-45-43-24-22-20-18-16-14-12-10-8-6-4-2/h15-18,21-24,26-27,67,70H,3-14,19-20,25,28-66H2,1-2H3/b17-15-,18-16-,23-21-,24-22-,27-26-. The highest BCUT2D eigenvalue weighted by Crippen LogP contribution is 2.18. The summed E-state index contributed by atoms with van der Waals surface area (Å²) >= 11 is 0. The van der Waals surface area contributed by atoms with Gasteiger partial charge in [0.05, 0.1) is 6.61 Å². The molecular weight excluding hydrogens is 909 g/mol. The van der Waals surface area contributed by atoms with Crippen LogP contribution >= 0.6 is 0 Å². The number of carbonyl (C=O) groups excluding carboxylic acids is 2. The molecule has 5 nitrogen and oxygen atoms in total. The van der Waals surface area contributed by atoms with Crippen LogP contribution in [0.25, 0.3) is 0 Å². The number of hydrogen-bond donors (Lipinski definition) is 1. The van der Waals surface area contributed by atoms with Crippen LogP contribution in [-0.2, 0) is 19.1 Å². The number of hydrogen-bond acceptors (Lipinski definition) is 5. The zero-order valence-electron chi connectivity index (χ0n) is 49.6. The van der Waals surface area contributed by atoms with Gasteiger partial charge in [0, 0.05) is 12.8 Å². The zero-order chi connectivity index (χ0) is 53.4. The van der Waals surface area contributed by atoms with E-state index in [2.05, 4.69) is 74.6 Å². The third kappa shape index (κ3) is 62.1. The number of allylic oxidation sites excluding steroid dienone is 10. The summed E-state index contributed by atoms with van der Waals surface area (Å²) in [5.41, 5.74) is 0. The normalized spacial score (nSPS) is 12.5. The van der Waals surface area contributed by atoms with Crippen LogP contribution in [0.4, 0.5) is 0 Å². The maximum absolute atomic E-state index is 12.3. The lowest BCUT2D eigenvalue weighted by Crippen LogP contribution is -2.28. The molecule has 1 unspecified atom stereocenters. The van der Waals surface area contributed by atoms with E-state index in [-0.39, 0.29) is 25.2 Å². The number of ether oxygens (including phenoxy) is 2. The molecule has 0 aromatic carbocycles. The first kappa shape index (κ1) is 71.6. The van der Waals surface area contributed by atoms with Crippen molar-refractivity contribution >= 4 is 11.9 Å². The Morgan fingerprint density at radius 3 is 0.811 bits per heavy atom. The Kier molecular flexibility index (Phi) is 62.8. The van der Waals surface area contributed by atoms with Gasteiger partial charge in [-0.15, -0.1) is 0 Å². The van der Waals surface area contributed by atoms with Gasteiger partial charge in [0.2, 0.25) is 0 Å². The van der Waals surface area contributed by atoms with Gasteiger partial charge in [0.25, 0.3) is 0 Å². The highest BCUT2D eigenvalue weighted by atomic mass is 16.6. The Labute approximate surface area is 461 Å². The zero-order valence-corrected chi connectivity index (χ0v) is 49.6. The second-order valence-corrected chi connectivity index (χ2v) is 22.2. The fraction of sp³-hybridized carbons (Fsp3) is 0.826. The van der Waals surface area contributed by atoms with Gasteiger partial charge in [-0.25, -0.2) is 0 Å². The molecule has 1 atom stereocenters. The average molecular weight is 1040 g/mol. The molecule has 0 aliphatic rings. The number of unbranched alkanes of at least 4 members (excludes halogenated alkanes) is 43. The second-order valence-electron chi connectivity index (χ2n) is 22.2. The second kappa shape index (κ2) is 64.9. The molecule has 0 saturated carbocycles. The summed E-state index contributed by atoms with van der Waals surface area (Å²) in [7, 11) is 0. The lowest BCUT2D eigenvalue weighted by molar-refractivity contribution is -0.161. The van der Waals surface area contributed by atoms with E-state index in [1.165, 1.54) is 263 Å². The van der Waals surface area contributed by atoms with E-state index in [1.807, 2.05) is 0 Å². The molecule has 0 radical (unpaired) electrons. The summed E-state index contributed by atoms with van der Waals surface area (Å²) in [6.45, 7) is 4.15. The van der Waals surface area contributed by atoms with E-state index in [1.54, 1.807) is 0 Å². The molecule has 0 fully saturated rings. The summed E-state index contributed by atoms with van der Waals surface area (Å²) in [5.74, 6) is -0.580. The SMILES string of the molecule is CCCCCCC/C=C\C/C=C\C/C=C\CCCCCCCCCCCCCCCCCCCCCCCCCCC(=O)OC(CO)COC(=O)CCCCCCCCCCC/C=C\C/C=C\CCCCCCC. The maximum Gasteiger partial charge on any atom is 0.306 e. The summed E-state index contributed by atoms with van der Waals surface area (Å²) in [6.07, 6.45) is 88.1. The molecule has 432 valence electrons. The molecule has 1 N–H and O–H groups in total. The average Bonchev–Trinajstić information content (AvgIpc) is 3.40. The van der Waals surface area contributed by atoms with Crippen molar-refractivity contribution in [3.05, 3.63) is 60.8 Å². The van der Waals surface area contributed by atoms with Gasteiger partial charge in [0.1, 0.15) is 6.61 Å². The van der Waals surface area contributed by atoms with Crippen LogP contribution in [0.5, 0.6) is 0 Å². The van der Waals surface area contributed by atoms with Gasteiger partial charge in [-0.05, 0) is 83.5 Å². The molecule has 0 aliphatic carbocycles. The molecule has 0 aromatic rings. The van der Waals surface area contributed by atoms with Crippen LogP contribution in [0.2, 0.25) is 0 Å². The monoisotopic (exact) mass is 1030 g/mol. The first-order valence-corrected chi connectivity index (χ1v) is 32.8. The predicted octanol–water partition coefficient (Wildman–Crippen LogP) is 22.5. The van der Waals surface area contributed by atoms with Crippen molar-refractivity contribution in [1.82, 2.24) is 0 Å². The summed E-state index contributed by atoms with van der Waals surface area (Å²) in [5, 5.41) is 9.68. The van der Waals surface area contributed by atoms with Crippen molar-refractivity contribution in [2.75, 3.05) is 13.2 Å². The first-order valence-electron chi connectivity index (χ1n) is 32.8. The molecule has 74 heavy (non-hydrogen) atoms. The topological polar surface area (TPSA) is 72.8 Å². The number of aliphatic hydroxyl groups is 1. The van der Waals surface area contributed by atoms with Crippen LogP contribution in [0, 0.1) is 0 Å². The van der Waals surface area contributed by atoms with Gasteiger partial charge in [-0.3, -0.25) is 9.59 Å². The predicted molar refractivity (Wildman–Crippen MR) is 325 cm³/mol. The quantitative estimate of drug-likeness (QED) is 0.0373. The highest BCUT2D eigenvalue weighted by molar-refractivity contribution is 5.70. The number of rotatable bonds is 61. The Morgan fingerprint density at radius 1 is 0.311 bits per heavy atom. The van der Waals surface area contributed by atoms with Crippen LogP contribution in [-0.4, -0.2) is 36.4 Å². The van der Waals surface area contributed by atoms with Gasteiger partial charge < -0.3 is 14.6 Å². The molecule has 0 heterocycles. The Hall–Kier alpha value is -2.40. The van der Waals surface area contributed by atoms with Crippen molar-refractivity contribution in [3.63, 3.8) is 0 Å². The molecule has 0 amide bonds. The molecule has 0 aromatic heterocycles. The lowest BCUT2D eigenvalue weighted by Gasteiger charge is -2.15. The van der Waals surface area contributed by atoms with Gasteiger partial charge in [-0.1, -0.05) is 312 Å². The summed E-state index contributed by atoms with van der Waals surface area (Å²) in [4.78, 5) is 24.6. The Balaban J connectivity index is 3.41. The summed E-state index contributed by atoms with van der Waals surface area (Å²) < 4.78 is 10.7. The van der Waals surface area contributed by atoms with Gasteiger partial charge >= 0.3 is 11.9 Å². The van der Waals surface area contributed by atoms with Crippen molar-refractivity contribution < 1.29 is 24.2 Å². The maximum atomic E-state index is 12.3. The van der Waals surface area contributed by atoms with Crippen LogP contribution in [0.15, 0.2) is 60.8 Å². The van der Waals surface area contributed by atoms with Gasteiger partial charge in [0.15, 0.2) is 6.10 Å². The van der Waals surface area contributed by atoms with E-state index in [4.69, 9.17) is 9.47 Å². The highest BCUT2D eigenvalue weighted by Gasteiger charge is 2.16. The molecule has 0 bridgehead atoms. The first-order chi connectivity index (χ1) is 36.6. The molecule has 0 rings (SSSR count).